The lowest BCUT2D eigenvalue weighted by atomic mass is 9.90. The molecule has 1 unspecified atom stereocenters. The molecule has 5 rings (SSSR count). The van der Waals surface area contributed by atoms with Crippen LogP contribution in [-0.4, -0.2) is 41.4 Å². The first kappa shape index (κ1) is 28.5. The van der Waals surface area contributed by atoms with Crippen LogP contribution in [-0.2, 0) is 15.4 Å². The van der Waals surface area contributed by atoms with Crippen LogP contribution >= 0.6 is 0 Å². The van der Waals surface area contributed by atoms with Gasteiger partial charge in [-0.3, -0.25) is 9.78 Å². The van der Waals surface area contributed by atoms with Crippen LogP contribution in [0.25, 0.3) is 4.85 Å². The largest absolute Gasteiger partial charge is 0.362 e. The number of anilines is 2. The molecule has 214 valence electrons. The molecule has 5 heterocycles. The van der Waals surface area contributed by atoms with Crippen LogP contribution in [0.5, 0.6) is 0 Å². The highest BCUT2D eigenvalue weighted by Crippen LogP contribution is 2.41. The van der Waals surface area contributed by atoms with E-state index in [1.807, 2.05) is 0 Å². The topological polar surface area (TPSA) is 122 Å². The molecule has 10 nitrogen and oxygen atoms in total. The molecule has 11 heteroatoms. The van der Waals surface area contributed by atoms with Gasteiger partial charge in [-0.1, -0.05) is 26.8 Å². The van der Waals surface area contributed by atoms with Crippen LogP contribution in [0.15, 0.2) is 53.7 Å². The Balaban J connectivity index is 1.63. The zero-order valence-corrected chi connectivity index (χ0v) is 24.8. The summed E-state index contributed by atoms with van der Waals surface area (Å²) in [5.74, 6) is 0.346. The Bertz CT molecular complexity index is 1640. The summed E-state index contributed by atoms with van der Waals surface area (Å²) in [5.41, 5.74) is 1.59. The molecule has 0 saturated carbocycles. The second kappa shape index (κ2) is 10.4. The van der Waals surface area contributed by atoms with E-state index in [4.69, 9.17) is 11.6 Å². The third-order valence-corrected chi connectivity index (χ3v) is 9.00. The van der Waals surface area contributed by atoms with Gasteiger partial charge in [0, 0.05) is 29.4 Å². The van der Waals surface area contributed by atoms with Crippen LogP contribution in [0.3, 0.4) is 0 Å². The number of carbonyl (C=O) groups is 1. The number of rotatable bonds is 1. The third kappa shape index (κ3) is 5.88. The maximum absolute atomic E-state index is 13.6. The smallest absolute Gasteiger partial charge is 0.281 e. The van der Waals surface area contributed by atoms with Crippen LogP contribution < -0.4 is 14.9 Å². The number of aromatic nitrogens is 3. The number of sulfonamides is 1. The van der Waals surface area contributed by atoms with Crippen molar-refractivity contribution in [1.29, 1.82) is 0 Å². The van der Waals surface area contributed by atoms with Crippen molar-refractivity contribution in [3.05, 3.63) is 77.0 Å². The standard InChI is InChI=1S/C30H35N7O3S/c1-29(2,3)24-13-11-21-27(34-24)37-18-19(17-30(37,4)5)10-12-22(23-16-20(31-6)14-15-32-23)33-25-8-7-9-26(35-25)41(39,40)36-28(21)38/h7-9,11,13-16,19,22H,10,12,17-18H2,1-5H3,(H,33,35)(H,36,38)/t19-,22?/m0/s1. The first-order valence-electron chi connectivity index (χ1n) is 13.7. The van der Waals surface area contributed by atoms with Gasteiger partial charge in [0.05, 0.1) is 23.9 Å². The minimum atomic E-state index is -4.30. The maximum atomic E-state index is 13.6. The Morgan fingerprint density at radius 3 is 2.61 bits per heavy atom. The van der Waals surface area contributed by atoms with Crippen molar-refractivity contribution in [1.82, 2.24) is 19.7 Å². The van der Waals surface area contributed by atoms with Gasteiger partial charge in [-0.15, -0.1) is 0 Å². The van der Waals surface area contributed by atoms with E-state index in [1.54, 1.807) is 42.6 Å². The molecule has 2 N–H and O–H groups in total. The number of hydrogen-bond donors (Lipinski definition) is 2. The molecule has 0 aromatic carbocycles. The van der Waals surface area contributed by atoms with Gasteiger partial charge in [-0.2, -0.15) is 8.42 Å². The van der Waals surface area contributed by atoms with E-state index in [0.29, 0.717) is 36.0 Å². The van der Waals surface area contributed by atoms with Gasteiger partial charge >= 0.3 is 0 Å². The van der Waals surface area contributed by atoms with E-state index in [9.17, 15) is 13.2 Å². The Kier molecular flexibility index (Phi) is 7.24. The summed E-state index contributed by atoms with van der Waals surface area (Å²) in [7, 11) is -4.30. The molecule has 4 bridgehead atoms. The predicted molar refractivity (Wildman–Crippen MR) is 157 cm³/mol. The van der Waals surface area contributed by atoms with E-state index in [1.165, 1.54) is 6.07 Å². The monoisotopic (exact) mass is 573 g/mol. The number of fused-ring (bicyclic) bond motifs is 6. The van der Waals surface area contributed by atoms with E-state index < -0.39 is 15.9 Å². The molecule has 0 spiro atoms. The van der Waals surface area contributed by atoms with Crippen LogP contribution in [0.4, 0.5) is 17.3 Å². The zero-order valence-electron chi connectivity index (χ0n) is 24.0. The minimum absolute atomic E-state index is 0.206. The van der Waals surface area contributed by atoms with Crippen LogP contribution in [0, 0.1) is 12.5 Å². The average Bonchev–Trinajstić information content (AvgIpc) is 3.23. The van der Waals surface area contributed by atoms with E-state index in [2.05, 4.69) is 64.4 Å². The van der Waals surface area contributed by atoms with E-state index in [-0.39, 0.29) is 33.5 Å². The number of hydrogen-bond acceptors (Lipinski definition) is 8. The van der Waals surface area contributed by atoms with Crippen molar-refractivity contribution >= 4 is 33.3 Å². The van der Waals surface area contributed by atoms with Crippen molar-refractivity contribution in [3.63, 3.8) is 0 Å². The summed E-state index contributed by atoms with van der Waals surface area (Å²) in [6.45, 7) is 18.5. The van der Waals surface area contributed by atoms with Gasteiger partial charge in [0.25, 0.3) is 15.9 Å². The molecule has 3 aromatic rings. The zero-order chi connectivity index (χ0) is 29.6. The first-order valence-corrected chi connectivity index (χ1v) is 15.2. The highest BCUT2D eigenvalue weighted by molar-refractivity contribution is 7.90. The Morgan fingerprint density at radius 1 is 1.10 bits per heavy atom. The van der Waals surface area contributed by atoms with Gasteiger partial charge < -0.3 is 10.2 Å². The lowest BCUT2D eigenvalue weighted by molar-refractivity contribution is 0.0981. The summed E-state index contributed by atoms with van der Waals surface area (Å²) in [5, 5.41) is 3.06. The van der Waals surface area contributed by atoms with Gasteiger partial charge in [-0.25, -0.2) is 19.5 Å². The summed E-state index contributed by atoms with van der Waals surface area (Å²) in [6, 6.07) is 11.2. The van der Waals surface area contributed by atoms with Crippen molar-refractivity contribution in [2.24, 2.45) is 5.92 Å². The molecule has 1 fully saturated rings. The SMILES string of the molecule is [C-]#[N+]c1ccnc(C2CC[C@@H]3CN(c4nc(C(C)(C)C)ccc4C(=O)NS(=O)(=O)c4cccc(n4)N2)C(C)(C)C3)c1. The minimum Gasteiger partial charge on any atom is -0.362 e. The highest BCUT2D eigenvalue weighted by Gasteiger charge is 2.41. The lowest BCUT2D eigenvalue weighted by Crippen LogP contribution is -2.41. The van der Waals surface area contributed by atoms with Crippen LogP contribution in [0.1, 0.15) is 81.7 Å². The fourth-order valence-electron chi connectivity index (χ4n) is 5.65. The van der Waals surface area contributed by atoms with Gasteiger partial charge in [0.1, 0.15) is 11.6 Å². The van der Waals surface area contributed by atoms with Gasteiger partial charge in [0.15, 0.2) is 10.7 Å². The average molecular weight is 574 g/mol. The summed E-state index contributed by atoms with van der Waals surface area (Å²) in [4.78, 5) is 33.1. The normalized spacial score (nSPS) is 21.9. The number of amides is 1. The van der Waals surface area contributed by atoms with Crippen molar-refractivity contribution < 1.29 is 13.2 Å². The number of nitrogens with one attached hydrogen (secondary N) is 2. The van der Waals surface area contributed by atoms with Crippen molar-refractivity contribution in [2.45, 2.75) is 75.9 Å². The Hall–Kier alpha value is -4.04. The fraction of sp³-hybridized carbons (Fsp3) is 0.433. The number of pyridine rings is 3. The van der Waals surface area contributed by atoms with E-state index >= 15 is 0 Å². The molecule has 1 saturated heterocycles. The molecule has 2 aliphatic heterocycles. The molecule has 2 aliphatic rings. The molecular weight excluding hydrogens is 538 g/mol. The molecule has 1 amide bonds. The second-order valence-corrected chi connectivity index (χ2v) is 14.1. The predicted octanol–water partition coefficient (Wildman–Crippen LogP) is 5.39. The Labute approximate surface area is 241 Å². The fourth-order valence-corrected chi connectivity index (χ4v) is 6.58. The molecule has 2 atom stereocenters. The maximum Gasteiger partial charge on any atom is 0.281 e. The molecule has 3 aromatic heterocycles. The molecule has 0 radical (unpaired) electrons. The van der Waals surface area contributed by atoms with Crippen molar-refractivity contribution in [2.75, 3.05) is 16.8 Å². The summed E-state index contributed by atoms with van der Waals surface area (Å²) >= 11 is 0. The molecule has 41 heavy (non-hydrogen) atoms. The molecule has 0 aliphatic carbocycles. The second-order valence-electron chi connectivity index (χ2n) is 12.4. The van der Waals surface area contributed by atoms with Crippen LogP contribution in [0.2, 0.25) is 0 Å². The molecular formula is C30H35N7O3S. The first-order chi connectivity index (χ1) is 19.3. The van der Waals surface area contributed by atoms with Gasteiger partial charge in [-0.05, 0) is 75.4 Å². The Morgan fingerprint density at radius 2 is 1.88 bits per heavy atom. The summed E-state index contributed by atoms with van der Waals surface area (Å²) < 4.78 is 29.0. The number of nitrogens with zero attached hydrogens (tertiary/aromatic N) is 5. The number of carbonyl (C=O) groups excluding carboxylic acids is 1. The lowest BCUT2D eigenvalue weighted by Gasteiger charge is -2.34. The highest BCUT2D eigenvalue weighted by atomic mass is 32.2. The quantitative estimate of drug-likeness (QED) is 0.372. The van der Waals surface area contributed by atoms with E-state index in [0.717, 1.165) is 18.5 Å². The third-order valence-electron chi connectivity index (χ3n) is 7.77. The van der Waals surface area contributed by atoms with Gasteiger partial charge in [0.2, 0.25) is 0 Å². The van der Waals surface area contributed by atoms with Crippen molar-refractivity contribution in [3.8, 4) is 0 Å². The summed E-state index contributed by atoms with van der Waals surface area (Å²) in [6.07, 6.45) is 3.99.